The average Bonchev–Trinajstić information content (AvgIpc) is 3.57. The molecule has 0 saturated heterocycles. The van der Waals surface area contributed by atoms with Crippen LogP contribution in [0, 0.1) is 0 Å². The van der Waals surface area contributed by atoms with Crippen molar-refractivity contribution in [2.24, 2.45) is 0 Å². The minimum Gasteiger partial charge on any atom is -0.480 e. The standard InChI is InChI=1S/C49H52N4O8/c1-48(2,3)61-46(58)50-30-18-17-29-41(52-47(59)60-32-40-38-27-15-13-25-36(38)37-26-14-16-28-39(37)40)44(55)51-42(45(56)57)31-43(54)53-49(33-19-7-4-8-20-33,34-21-9-5-10-22-34)35-23-11-6-12-24-35/h4-16,19-28,40-42H,17-18,29-32H2,1-3H3,(H,50,58)(H,51,55)(H,52,59)(H,53,54)(H,56,57)/t41-,42-/m0/s1. The van der Waals surface area contributed by atoms with E-state index in [0.717, 1.165) is 38.9 Å². The van der Waals surface area contributed by atoms with Gasteiger partial charge in [0.2, 0.25) is 11.8 Å². The van der Waals surface area contributed by atoms with Crippen LogP contribution in [0.15, 0.2) is 140 Å². The summed E-state index contributed by atoms with van der Waals surface area (Å²) >= 11 is 0. The van der Waals surface area contributed by atoms with E-state index in [2.05, 4.69) is 21.3 Å². The Bertz CT molecular complexity index is 2150. The van der Waals surface area contributed by atoms with Crippen molar-refractivity contribution in [3.63, 3.8) is 0 Å². The van der Waals surface area contributed by atoms with Crippen LogP contribution in [0.2, 0.25) is 0 Å². The van der Waals surface area contributed by atoms with Crippen LogP contribution in [-0.2, 0) is 29.4 Å². The van der Waals surface area contributed by atoms with Crippen molar-refractivity contribution in [3.8, 4) is 11.1 Å². The van der Waals surface area contributed by atoms with Gasteiger partial charge in [0.1, 0.15) is 29.8 Å². The molecule has 12 heteroatoms. The van der Waals surface area contributed by atoms with Gasteiger partial charge in [-0.2, -0.15) is 0 Å². The van der Waals surface area contributed by atoms with Gasteiger partial charge in [-0.1, -0.05) is 140 Å². The maximum Gasteiger partial charge on any atom is 0.407 e. The largest absolute Gasteiger partial charge is 0.480 e. The van der Waals surface area contributed by atoms with E-state index in [4.69, 9.17) is 9.47 Å². The number of benzene rings is 5. The molecule has 0 aromatic heterocycles. The van der Waals surface area contributed by atoms with Crippen LogP contribution in [0.1, 0.15) is 80.2 Å². The summed E-state index contributed by atoms with van der Waals surface area (Å²) in [5, 5.41) is 21.3. The fourth-order valence-corrected chi connectivity index (χ4v) is 7.73. The molecule has 0 heterocycles. The molecule has 0 radical (unpaired) electrons. The zero-order valence-electron chi connectivity index (χ0n) is 34.6. The van der Waals surface area contributed by atoms with E-state index in [-0.39, 0.29) is 25.5 Å². The summed E-state index contributed by atoms with van der Waals surface area (Å²) in [6.07, 6.45) is -1.23. The minimum atomic E-state index is -1.66. The number of rotatable bonds is 17. The highest BCUT2D eigenvalue weighted by molar-refractivity contribution is 5.92. The molecule has 5 aromatic carbocycles. The Morgan fingerprint density at radius 3 is 1.61 bits per heavy atom. The van der Waals surface area contributed by atoms with Gasteiger partial charge in [0.25, 0.3) is 0 Å². The Labute approximate surface area is 356 Å². The van der Waals surface area contributed by atoms with Crippen LogP contribution >= 0.6 is 0 Å². The van der Waals surface area contributed by atoms with Crippen molar-refractivity contribution in [2.45, 2.75) is 75.6 Å². The van der Waals surface area contributed by atoms with Crippen LogP contribution in [0.25, 0.3) is 11.1 Å². The number of carbonyl (C=O) groups excluding carboxylic acids is 4. The van der Waals surface area contributed by atoms with Gasteiger partial charge >= 0.3 is 18.2 Å². The number of aliphatic carboxylic acids is 1. The lowest BCUT2D eigenvalue weighted by Gasteiger charge is -2.37. The number of alkyl carbamates (subject to hydrolysis) is 2. The molecule has 0 aliphatic heterocycles. The number of amides is 4. The summed E-state index contributed by atoms with van der Waals surface area (Å²) in [5.74, 6) is -3.11. The molecule has 0 spiro atoms. The lowest BCUT2D eigenvalue weighted by molar-refractivity contribution is -0.144. The third-order valence-electron chi connectivity index (χ3n) is 10.5. The van der Waals surface area contributed by atoms with Gasteiger partial charge in [0.15, 0.2) is 0 Å². The highest BCUT2D eigenvalue weighted by Gasteiger charge is 2.39. The van der Waals surface area contributed by atoms with Gasteiger partial charge in [0, 0.05) is 12.5 Å². The molecule has 5 aromatic rings. The molecule has 12 nitrogen and oxygen atoms in total. The van der Waals surface area contributed by atoms with Gasteiger partial charge in [-0.25, -0.2) is 14.4 Å². The quantitative estimate of drug-likeness (QED) is 0.0470. The molecule has 316 valence electrons. The van der Waals surface area contributed by atoms with E-state index in [1.807, 2.05) is 140 Å². The van der Waals surface area contributed by atoms with Gasteiger partial charge in [-0.15, -0.1) is 0 Å². The van der Waals surface area contributed by atoms with Crippen LogP contribution in [0.3, 0.4) is 0 Å². The number of unbranched alkanes of at least 4 members (excludes halogenated alkanes) is 1. The lowest BCUT2D eigenvalue weighted by Crippen LogP contribution is -2.54. The topological polar surface area (TPSA) is 172 Å². The maximum absolute atomic E-state index is 14.1. The van der Waals surface area contributed by atoms with Crippen molar-refractivity contribution in [1.29, 1.82) is 0 Å². The molecule has 6 rings (SSSR count). The van der Waals surface area contributed by atoms with Crippen molar-refractivity contribution in [3.05, 3.63) is 167 Å². The van der Waals surface area contributed by atoms with Crippen molar-refractivity contribution < 1.29 is 38.6 Å². The number of carboxylic acid groups (broad SMARTS) is 1. The summed E-state index contributed by atoms with van der Waals surface area (Å²) < 4.78 is 11.0. The number of nitrogens with one attached hydrogen (secondary N) is 4. The van der Waals surface area contributed by atoms with E-state index in [1.54, 1.807) is 20.8 Å². The number of carboxylic acids is 1. The van der Waals surface area contributed by atoms with E-state index in [0.29, 0.717) is 12.8 Å². The smallest absolute Gasteiger partial charge is 0.407 e. The average molecular weight is 825 g/mol. The first-order chi connectivity index (χ1) is 29.4. The molecule has 0 unspecified atom stereocenters. The Kier molecular flexibility index (Phi) is 14.2. The Hall–Kier alpha value is -6.95. The van der Waals surface area contributed by atoms with E-state index in [9.17, 15) is 29.1 Å². The van der Waals surface area contributed by atoms with Crippen molar-refractivity contribution in [2.75, 3.05) is 13.2 Å². The Morgan fingerprint density at radius 2 is 1.11 bits per heavy atom. The monoisotopic (exact) mass is 824 g/mol. The summed E-state index contributed by atoms with van der Waals surface area (Å²) in [5.41, 5.74) is 4.48. The Morgan fingerprint density at radius 1 is 0.623 bits per heavy atom. The second-order valence-corrected chi connectivity index (χ2v) is 15.9. The zero-order chi connectivity index (χ0) is 43.4. The molecule has 0 fully saturated rings. The number of fused-ring (bicyclic) bond motifs is 3. The molecular weight excluding hydrogens is 773 g/mol. The van der Waals surface area contributed by atoms with E-state index in [1.165, 1.54) is 0 Å². The first-order valence-corrected chi connectivity index (χ1v) is 20.4. The van der Waals surface area contributed by atoms with E-state index < -0.39 is 59.6 Å². The van der Waals surface area contributed by atoms with Crippen LogP contribution < -0.4 is 21.3 Å². The molecule has 61 heavy (non-hydrogen) atoms. The van der Waals surface area contributed by atoms with Gasteiger partial charge in [-0.05, 0) is 79.0 Å². The van der Waals surface area contributed by atoms with Crippen LogP contribution in [-0.4, -0.2) is 65.9 Å². The van der Waals surface area contributed by atoms with Crippen LogP contribution in [0.4, 0.5) is 9.59 Å². The van der Waals surface area contributed by atoms with Gasteiger partial charge < -0.3 is 35.8 Å². The molecule has 0 saturated carbocycles. The number of hydrogen-bond acceptors (Lipinski definition) is 7. The molecule has 0 bridgehead atoms. The molecule has 5 N–H and O–H groups in total. The fraction of sp³-hybridized carbons (Fsp3) is 0.286. The molecular formula is C49H52N4O8. The molecule has 1 aliphatic carbocycles. The van der Waals surface area contributed by atoms with E-state index >= 15 is 0 Å². The predicted molar refractivity (Wildman–Crippen MR) is 232 cm³/mol. The Balaban J connectivity index is 1.17. The third-order valence-corrected chi connectivity index (χ3v) is 10.5. The summed E-state index contributed by atoms with van der Waals surface area (Å²) in [7, 11) is 0. The summed E-state index contributed by atoms with van der Waals surface area (Å²) in [6, 6.07) is 41.0. The number of hydrogen-bond donors (Lipinski definition) is 5. The second kappa shape index (κ2) is 19.9. The predicted octanol–water partition coefficient (Wildman–Crippen LogP) is 7.66. The summed E-state index contributed by atoms with van der Waals surface area (Å²) in [4.78, 5) is 66.5. The van der Waals surface area contributed by atoms with Crippen molar-refractivity contribution in [1.82, 2.24) is 21.3 Å². The minimum absolute atomic E-state index is 0.00206. The van der Waals surface area contributed by atoms with Crippen LogP contribution in [0.5, 0.6) is 0 Å². The lowest BCUT2D eigenvalue weighted by atomic mass is 9.77. The first kappa shape index (κ1) is 43.6. The highest BCUT2D eigenvalue weighted by atomic mass is 16.6. The van der Waals surface area contributed by atoms with Gasteiger partial charge in [-0.3, -0.25) is 9.59 Å². The third kappa shape index (κ3) is 11.0. The number of ether oxygens (including phenoxy) is 2. The molecule has 1 aliphatic rings. The SMILES string of the molecule is CC(C)(C)OC(=O)NCCCC[C@H](NC(=O)OCC1c2ccccc2-c2ccccc21)C(=O)N[C@@H](CC(=O)NC(c1ccccc1)(c1ccccc1)c1ccccc1)C(=O)O. The highest BCUT2D eigenvalue weighted by Crippen LogP contribution is 2.44. The maximum atomic E-state index is 14.1. The van der Waals surface area contributed by atoms with Gasteiger partial charge in [0.05, 0.1) is 6.42 Å². The normalized spacial score (nSPS) is 13.1. The molecule has 4 amide bonds. The van der Waals surface area contributed by atoms with Crippen molar-refractivity contribution >= 4 is 30.0 Å². The summed E-state index contributed by atoms with van der Waals surface area (Å²) in [6.45, 7) is 5.50. The zero-order valence-corrected chi connectivity index (χ0v) is 34.6. The second-order valence-electron chi connectivity index (χ2n) is 15.9. The molecule has 2 atom stereocenters. The first-order valence-electron chi connectivity index (χ1n) is 20.4. The number of carbonyl (C=O) groups is 5. The fourth-order valence-electron chi connectivity index (χ4n) is 7.73.